The maximum absolute atomic E-state index is 13.3. The van der Waals surface area contributed by atoms with E-state index in [-0.39, 0.29) is 6.42 Å². The fraction of sp³-hybridized carbons (Fsp3) is 0.929. The van der Waals surface area contributed by atoms with Crippen molar-refractivity contribution < 1.29 is 84.9 Å². The van der Waals surface area contributed by atoms with Crippen LogP contribution < -0.4 is 0 Å². The van der Waals surface area contributed by atoms with Gasteiger partial charge in [0.05, 0.1) is 18.9 Å². The summed E-state index contributed by atoms with van der Waals surface area (Å²) in [4.78, 5) is 11.2. The molecule has 0 saturated carbocycles. The molecule has 0 aromatic carbocycles. The van der Waals surface area contributed by atoms with Crippen molar-refractivity contribution in [1.29, 1.82) is 0 Å². The molecule has 0 heterocycles. The Bertz CT molecular complexity index is 674. The second kappa shape index (κ2) is 9.53. The first-order valence-electron chi connectivity index (χ1n) is 8.18. The molecule has 1 atom stereocenters. The zero-order valence-corrected chi connectivity index (χ0v) is 16.0. The molecule has 0 fully saturated rings. The Morgan fingerprint density at radius 2 is 1.12 bits per heavy atom. The molecule has 33 heavy (non-hydrogen) atoms. The highest BCUT2D eigenvalue weighted by atomic mass is 19.4. The van der Waals surface area contributed by atoms with E-state index in [2.05, 4.69) is 9.47 Å². The molecule has 198 valence electrons. The highest BCUT2D eigenvalue weighted by molar-refractivity contribution is 5.71. The summed E-state index contributed by atoms with van der Waals surface area (Å²) in [6.07, 6.45) is -37.0. The Morgan fingerprint density at radius 3 is 1.52 bits per heavy atom. The Balaban J connectivity index is 5.55. The molecule has 0 aromatic rings. The zero-order valence-electron chi connectivity index (χ0n) is 16.0. The number of carbonyl (C=O) groups excluding carboxylic acids is 1. The summed E-state index contributed by atoms with van der Waals surface area (Å²) >= 11 is 0. The van der Waals surface area contributed by atoms with Crippen molar-refractivity contribution in [2.24, 2.45) is 5.92 Å². The summed E-state index contributed by atoms with van der Waals surface area (Å²) in [7, 11) is 0. The van der Waals surface area contributed by atoms with Crippen molar-refractivity contribution >= 4 is 5.97 Å². The van der Waals surface area contributed by atoms with E-state index in [0.717, 1.165) is 0 Å². The minimum atomic E-state index is -7.91. The molecule has 19 heteroatoms. The topological polar surface area (TPSA) is 44.8 Å². The molecule has 4 nitrogen and oxygen atoms in total. The Labute approximate surface area is 173 Å². The quantitative estimate of drug-likeness (QED) is 0.223. The third-order valence-corrected chi connectivity index (χ3v) is 3.64. The van der Waals surface area contributed by atoms with Crippen LogP contribution >= 0.6 is 0 Å². The minimum absolute atomic E-state index is 0.125. The monoisotopic (exact) mass is 530 g/mol. The number of alkyl halides is 15. The molecule has 0 rings (SSSR count). The lowest BCUT2D eigenvalue weighted by Crippen LogP contribution is -2.64. The van der Waals surface area contributed by atoms with Crippen molar-refractivity contribution in [3.8, 4) is 0 Å². The van der Waals surface area contributed by atoms with E-state index >= 15 is 0 Å². The first-order valence-corrected chi connectivity index (χ1v) is 8.18. The molecular formula is C14H13F15O4. The lowest BCUT2D eigenvalue weighted by Gasteiger charge is -2.36. The number of ether oxygens (including phenoxy) is 3. The first kappa shape index (κ1) is 31.3. The number of halogens is 15. The van der Waals surface area contributed by atoms with E-state index in [1.54, 1.807) is 0 Å². The van der Waals surface area contributed by atoms with E-state index in [4.69, 9.17) is 0 Å². The predicted octanol–water partition coefficient (Wildman–Crippen LogP) is 6.20. The number of carbonyl (C=O) groups is 1. The molecule has 0 aromatic heterocycles. The summed E-state index contributed by atoms with van der Waals surface area (Å²) in [6.45, 7) is 1.21. The maximum Gasteiger partial charge on any atom is 0.460 e. The average molecular weight is 530 g/mol. The third kappa shape index (κ3) is 6.92. The number of hydrogen-bond acceptors (Lipinski definition) is 4. The van der Waals surface area contributed by atoms with Crippen molar-refractivity contribution in [1.82, 2.24) is 0 Å². The lowest BCUT2D eigenvalue weighted by atomic mass is 10.1. The van der Waals surface area contributed by atoms with Crippen LogP contribution in [0, 0.1) is 5.92 Å². The molecule has 1 unspecified atom stereocenters. The fourth-order valence-electron chi connectivity index (χ4n) is 1.52. The van der Waals surface area contributed by atoms with Gasteiger partial charge >= 0.3 is 48.4 Å². The minimum Gasteiger partial charge on any atom is -0.465 e. The highest BCUT2D eigenvalue weighted by Crippen LogP contribution is 2.56. The standard InChI is InChI=1S/C14H13F15O4/c1-3-6(2)7(30)31-5-4-8(15,16)32-13(26,27)14(28,29)33-12(24,25)10(19,20)9(17,18)11(21,22)23/h6H,3-5H2,1-2H3. The summed E-state index contributed by atoms with van der Waals surface area (Å²) in [5.41, 5.74) is 0. The first-order chi connectivity index (χ1) is 14.3. The van der Waals surface area contributed by atoms with E-state index in [1.807, 2.05) is 0 Å². The SMILES string of the molecule is CCC(C)C(=O)OCCC(F)(F)OC(F)(F)C(F)(F)OC(F)(F)C(F)(F)C(F)(F)C(F)(F)F. The van der Waals surface area contributed by atoms with Gasteiger partial charge in [0, 0.05) is 0 Å². The molecule has 0 bridgehead atoms. The van der Waals surface area contributed by atoms with Crippen molar-refractivity contribution in [3.05, 3.63) is 0 Å². The van der Waals surface area contributed by atoms with E-state index in [0.29, 0.717) is 0 Å². The molecule has 0 spiro atoms. The smallest absolute Gasteiger partial charge is 0.460 e. The van der Waals surface area contributed by atoms with Crippen molar-refractivity contribution in [3.63, 3.8) is 0 Å². The normalized spacial score (nSPS) is 16.0. The largest absolute Gasteiger partial charge is 0.465 e. The summed E-state index contributed by atoms with van der Waals surface area (Å²) < 4.78 is 200. The summed E-state index contributed by atoms with van der Waals surface area (Å²) in [5, 5.41) is 0. The fourth-order valence-corrected chi connectivity index (χ4v) is 1.52. The predicted molar refractivity (Wildman–Crippen MR) is 72.9 cm³/mol. The van der Waals surface area contributed by atoms with Crippen LogP contribution in [-0.4, -0.2) is 55.0 Å². The van der Waals surface area contributed by atoms with Gasteiger partial charge in [-0.15, -0.1) is 0 Å². The number of hydrogen-bond donors (Lipinski definition) is 0. The molecule has 0 amide bonds. The van der Waals surface area contributed by atoms with Crippen LogP contribution in [0.2, 0.25) is 0 Å². The van der Waals surface area contributed by atoms with E-state index in [1.165, 1.54) is 18.6 Å². The Morgan fingerprint density at radius 1 is 0.697 bits per heavy atom. The van der Waals surface area contributed by atoms with Gasteiger partial charge in [-0.3, -0.25) is 4.79 Å². The van der Waals surface area contributed by atoms with E-state index in [9.17, 15) is 70.7 Å². The van der Waals surface area contributed by atoms with Gasteiger partial charge in [-0.25, -0.2) is 9.47 Å². The lowest BCUT2D eigenvalue weighted by molar-refractivity contribution is -0.542. The molecule has 0 aliphatic heterocycles. The molecule has 0 N–H and O–H groups in total. The molecular weight excluding hydrogens is 517 g/mol. The third-order valence-electron chi connectivity index (χ3n) is 3.64. The van der Waals surface area contributed by atoms with Crippen LogP contribution in [0.1, 0.15) is 26.7 Å². The second-order valence-corrected chi connectivity index (χ2v) is 6.27. The van der Waals surface area contributed by atoms with Crippen molar-refractivity contribution in [2.75, 3.05) is 6.61 Å². The Kier molecular flexibility index (Phi) is 9.05. The van der Waals surface area contributed by atoms with Gasteiger partial charge < -0.3 is 4.74 Å². The van der Waals surface area contributed by atoms with Gasteiger partial charge in [0.15, 0.2) is 0 Å². The maximum atomic E-state index is 13.3. The van der Waals surface area contributed by atoms with Gasteiger partial charge in [0.1, 0.15) is 0 Å². The number of rotatable bonds is 12. The van der Waals surface area contributed by atoms with Crippen LogP contribution in [-0.2, 0) is 19.0 Å². The van der Waals surface area contributed by atoms with Gasteiger partial charge in [0.25, 0.3) is 0 Å². The second-order valence-electron chi connectivity index (χ2n) is 6.27. The molecule has 0 aliphatic rings. The van der Waals surface area contributed by atoms with Gasteiger partial charge in [0.2, 0.25) is 0 Å². The van der Waals surface area contributed by atoms with E-state index < -0.39 is 67.4 Å². The Hall–Kier alpha value is -1.66. The molecule has 0 aliphatic carbocycles. The average Bonchev–Trinajstić information content (AvgIpc) is 2.57. The van der Waals surface area contributed by atoms with Crippen LogP contribution in [0.15, 0.2) is 0 Å². The van der Waals surface area contributed by atoms with Gasteiger partial charge in [-0.2, -0.15) is 65.9 Å². The highest BCUT2D eigenvalue weighted by Gasteiger charge is 2.85. The molecule has 0 saturated heterocycles. The summed E-state index contributed by atoms with van der Waals surface area (Å²) in [6, 6.07) is 0. The van der Waals surface area contributed by atoms with Crippen LogP contribution in [0.4, 0.5) is 65.9 Å². The van der Waals surface area contributed by atoms with Crippen LogP contribution in [0.25, 0.3) is 0 Å². The summed E-state index contributed by atoms with van der Waals surface area (Å²) in [5.74, 6) is -17.7. The van der Waals surface area contributed by atoms with Crippen LogP contribution in [0.3, 0.4) is 0 Å². The van der Waals surface area contributed by atoms with Gasteiger partial charge in [-0.05, 0) is 6.42 Å². The molecule has 0 radical (unpaired) electrons. The van der Waals surface area contributed by atoms with Gasteiger partial charge in [-0.1, -0.05) is 13.8 Å². The number of esters is 1. The van der Waals surface area contributed by atoms with Crippen LogP contribution in [0.5, 0.6) is 0 Å². The van der Waals surface area contributed by atoms with Crippen molar-refractivity contribution in [2.45, 2.75) is 69.1 Å². The zero-order chi connectivity index (χ0) is 26.9.